The van der Waals surface area contributed by atoms with Gasteiger partial charge < -0.3 is 36.8 Å². The molecule has 0 saturated heterocycles. The number of carboxylic acid groups (broad SMARTS) is 1. The van der Waals surface area contributed by atoms with E-state index in [1.54, 1.807) is 84.9 Å². The van der Waals surface area contributed by atoms with Gasteiger partial charge in [0.2, 0.25) is 29.5 Å². The van der Waals surface area contributed by atoms with E-state index in [0.29, 0.717) is 28.8 Å². The van der Waals surface area contributed by atoms with E-state index in [2.05, 4.69) is 26.6 Å². The van der Waals surface area contributed by atoms with Gasteiger partial charge in [0.15, 0.2) is 0 Å². The Hall–Kier alpha value is -7.28. The van der Waals surface area contributed by atoms with Crippen LogP contribution < -0.4 is 26.6 Å². The molecule has 0 aliphatic carbocycles. The lowest BCUT2D eigenvalue weighted by Crippen LogP contribution is -2.59. The molecule has 5 aromatic carbocycles. The van der Waals surface area contributed by atoms with Crippen molar-refractivity contribution in [3.05, 3.63) is 156 Å². The molecule has 0 saturated carbocycles. The Morgan fingerprint density at radius 1 is 0.550 bits per heavy atom. The van der Waals surface area contributed by atoms with Gasteiger partial charge in [0.25, 0.3) is 0 Å². The van der Waals surface area contributed by atoms with Crippen LogP contribution in [0.25, 0.3) is 11.1 Å². The maximum Gasteiger partial charge on any atom is 0.326 e. The first-order valence-corrected chi connectivity index (χ1v) is 19.8. The van der Waals surface area contributed by atoms with Gasteiger partial charge >= 0.3 is 5.97 Å². The van der Waals surface area contributed by atoms with Crippen LogP contribution in [0.4, 0.5) is 5.69 Å². The van der Waals surface area contributed by atoms with Crippen molar-refractivity contribution in [1.29, 1.82) is 0 Å². The number of carbonyl (C=O) groups is 6. The summed E-state index contributed by atoms with van der Waals surface area (Å²) < 4.78 is 0. The summed E-state index contributed by atoms with van der Waals surface area (Å²) in [6, 6.07) is 33.8. The molecule has 2 heterocycles. The van der Waals surface area contributed by atoms with E-state index < -0.39 is 59.7 Å². The minimum Gasteiger partial charge on any atom is -0.508 e. The van der Waals surface area contributed by atoms with Crippen LogP contribution in [-0.4, -0.2) is 69.9 Å². The van der Waals surface area contributed by atoms with Crippen LogP contribution in [0.1, 0.15) is 41.5 Å². The number of aryl methyl sites for hydroxylation is 1. The van der Waals surface area contributed by atoms with Crippen LogP contribution in [-0.2, 0) is 54.5 Å². The number of anilines is 1. The number of hydrogen-bond acceptors (Lipinski definition) is 7. The van der Waals surface area contributed by atoms with Gasteiger partial charge in [0.05, 0.1) is 0 Å². The molecule has 4 atom stereocenters. The third-order valence-corrected chi connectivity index (χ3v) is 10.2. The molecule has 2 aliphatic heterocycles. The van der Waals surface area contributed by atoms with E-state index in [1.165, 1.54) is 0 Å². The summed E-state index contributed by atoms with van der Waals surface area (Å²) in [5.74, 6) is -4.28. The van der Waals surface area contributed by atoms with E-state index in [4.69, 9.17) is 0 Å². The number of carbonyl (C=O) groups excluding carboxylic acids is 5. The molecule has 2 bridgehead atoms. The van der Waals surface area contributed by atoms with Crippen molar-refractivity contribution < 1.29 is 39.0 Å². The monoisotopic (exact) mass is 809 g/mol. The number of benzene rings is 5. The van der Waals surface area contributed by atoms with Gasteiger partial charge in [-0.15, -0.1) is 0 Å². The molecular weight excluding hydrogens is 763 g/mol. The Labute approximate surface area is 347 Å². The van der Waals surface area contributed by atoms with Crippen LogP contribution in [0.3, 0.4) is 0 Å². The highest BCUT2D eigenvalue weighted by molar-refractivity contribution is 5.96. The van der Waals surface area contributed by atoms with Crippen LogP contribution >= 0.6 is 0 Å². The summed E-state index contributed by atoms with van der Waals surface area (Å²) in [7, 11) is 0. The molecule has 60 heavy (non-hydrogen) atoms. The second-order valence-electron chi connectivity index (χ2n) is 14.8. The third-order valence-electron chi connectivity index (χ3n) is 10.2. The van der Waals surface area contributed by atoms with E-state index in [0.717, 1.165) is 16.7 Å². The molecule has 7 rings (SSSR count). The third kappa shape index (κ3) is 12.4. The molecule has 7 N–H and O–H groups in total. The highest BCUT2D eigenvalue weighted by Gasteiger charge is 2.32. The van der Waals surface area contributed by atoms with Crippen LogP contribution in [0, 0.1) is 0 Å². The summed E-state index contributed by atoms with van der Waals surface area (Å²) in [5, 5.41) is 33.9. The van der Waals surface area contributed by atoms with Crippen molar-refractivity contribution in [2.45, 2.75) is 69.1 Å². The number of aliphatic carboxylic acids is 1. The maximum absolute atomic E-state index is 14.5. The van der Waals surface area contributed by atoms with E-state index >= 15 is 0 Å². The first-order valence-electron chi connectivity index (χ1n) is 19.8. The van der Waals surface area contributed by atoms with Crippen LogP contribution in [0.15, 0.2) is 133 Å². The van der Waals surface area contributed by atoms with Gasteiger partial charge in [-0.1, -0.05) is 109 Å². The SMILES string of the molecule is O=C1CCC(=O)N[C@H](CCc2ccccc2)C(=O)N[C@@H](Cc2ccc(-c3cccc(O)c3)cc2)C(=O)N[C@H](Cc2ccccc2)C(=O)N[C@H](C(=O)O)Cc2ccc(cc2)N1. The fourth-order valence-corrected chi connectivity index (χ4v) is 6.94. The second-order valence-corrected chi connectivity index (χ2v) is 14.8. The lowest BCUT2D eigenvalue weighted by Gasteiger charge is -2.26. The van der Waals surface area contributed by atoms with Crippen molar-refractivity contribution in [3.63, 3.8) is 0 Å². The topological polar surface area (TPSA) is 203 Å². The molecule has 0 radical (unpaired) electrons. The molecule has 5 amide bonds. The minimum atomic E-state index is -1.37. The van der Waals surface area contributed by atoms with Crippen molar-refractivity contribution in [3.8, 4) is 16.9 Å². The zero-order valence-electron chi connectivity index (χ0n) is 32.8. The number of phenols is 1. The standard InChI is InChI=1S/C47H47N5O8/c53-37-13-7-12-35(29-37)34-19-14-32(15-20-34)27-40-45(57)51-39(26-31-10-5-2-6-11-31)46(58)52-41(47(59)60)28-33-16-21-36(22-17-33)48-42(54)24-25-43(55)49-38(44(56)50-40)23-18-30-8-3-1-4-9-30/h1-17,19-22,29,38-41,53H,18,23-28H2,(H,48,54)(H,49,55)(H,50,56)(H,51,57)(H,52,58)(H,59,60)/t38-,39-,40+,41+/m1/s1. The minimum absolute atomic E-state index is 0.00812. The lowest BCUT2D eigenvalue weighted by molar-refractivity contribution is -0.142. The molecule has 0 fully saturated rings. The first kappa shape index (κ1) is 42.3. The van der Waals surface area contributed by atoms with Gasteiger partial charge in [-0.2, -0.15) is 0 Å². The van der Waals surface area contributed by atoms with Gasteiger partial charge in [-0.3, -0.25) is 24.0 Å². The Morgan fingerprint density at radius 2 is 1.12 bits per heavy atom. The number of rotatable bonds is 9. The molecular formula is C47H47N5O8. The average molecular weight is 810 g/mol. The normalized spacial score (nSPS) is 19.4. The molecule has 0 spiro atoms. The summed E-state index contributed by atoms with van der Waals surface area (Å²) in [6.45, 7) is 0. The van der Waals surface area contributed by atoms with Gasteiger partial charge in [-0.05, 0) is 70.5 Å². The first-order chi connectivity index (χ1) is 29.0. The highest BCUT2D eigenvalue weighted by Crippen LogP contribution is 2.24. The largest absolute Gasteiger partial charge is 0.508 e. The zero-order chi connectivity index (χ0) is 42.4. The molecule has 5 aromatic rings. The second kappa shape index (κ2) is 20.4. The Kier molecular flexibility index (Phi) is 14.4. The molecule has 13 nitrogen and oxygen atoms in total. The fourth-order valence-electron chi connectivity index (χ4n) is 6.94. The number of fused-ring (bicyclic) bond motifs is 18. The Morgan fingerprint density at radius 3 is 1.73 bits per heavy atom. The predicted molar refractivity (Wildman–Crippen MR) is 226 cm³/mol. The summed E-state index contributed by atoms with van der Waals surface area (Å²) in [4.78, 5) is 81.4. The number of aromatic hydroxyl groups is 1. The quantitative estimate of drug-likeness (QED) is 0.106. The van der Waals surface area contributed by atoms with Crippen molar-refractivity contribution in [2.75, 3.05) is 5.32 Å². The summed E-state index contributed by atoms with van der Waals surface area (Å²) in [6.07, 6.45) is 0.0711. The molecule has 0 aromatic heterocycles. The fraction of sp³-hybridized carbons (Fsp3) is 0.234. The van der Waals surface area contributed by atoms with Crippen molar-refractivity contribution in [1.82, 2.24) is 21.3 Å². The molecule has 13 heteroatoms. The number of phenolic OH excluding ortho intramolecular Hbond substituents is 1. The van der Waals surface area contributed by atoms with E-state index in [1.807, 2.05) is 48.5 Å². The number of carboxylic acids is 1. The lowest BCUT2D eigenvalue weighted by atomic mass is 9.98. The van der Waals surface area contributed by atoms with Crippen LogP contribution in [0.5, 0.6) is 5.75 Å². The number of nitrogens with one attached hydrogen (secondary N) is 5. The van der Waals surface area contributed by atoms with Gasteiger partial charge in [0, 0.05) is 37.8 Å². The van der Waals surface area contributed by atoms with Gasteiger partial charge in [-0.25, -0.2) is 4.79 Å². The van der Waals surface area contributed by atoms with Crippen molar-refractivity contribution >= 4 is 41.2 Å². The Bertz CT molecular complexity index is 2280. The Balaban J connectivity index is 1.34. The molecule has 308 valence electrons. The summed E-state index contributed by atoms with van der Waals surface area (Å²) in [5.41, 5.74) is 4.83. The smallest absolute Gasteiger partial charge is 0.326 e. The van der Waals surface area contributed by atoms with E-state index in [-0.39, 0.29) is 44.3 Å². The van der Waals surface area contributed by atoms with Gasteiger partial charge in [0.1, 0.15) is 29.9 Å². The zero-order valence-corrected chi connectivity index (χ0v) is 32.8. The van der Waals surface area contributed by atoms with Crippen molar-refractivity contribution in [2.24, 2.45) is 0 Å². The van der Waals surface area contributed by atoms with E-state index in [9.17, 15) is 39.0 Å². The van der Waals surface area contributed by atoms with Crippen LogP contribution in [0.2, 0.25) is 0 Å². The predicted octanol–water partition coefficient (Wildman–Crippen LogP) is 4.48. The average Bonchev–Trinajstić information content (AvgIpc) is 3.25. The molecule has 2 aliphatic rings. The highest BCUT2D eigenvalue weighted by atomic mass is 16.4. The number of amides is 5. The molecule has 0 unspecified atom stereocenters. The summed E-state index contributed by atoms with van der Waals surface area (Å²) >= 11 is 0. The number of hydrogen-bond donors (Lipinski definition) is 7. The maximum atomic E-state index is 14.5.